The standard InChI is InChI=1S/C9H19NO/c1-9(2)6-8(7-10-9)4-3-5-11/h8,10-11H,3-7H2,1-2H3/t8-/m0/s1. The lowest BCUT2D eigenvalue weighted by Crippen LogP contribution is -2.31. The van der Waals surface area contributed by atoms with E-state index in [1.165, 1.54) is 12.8 Å². The zero-order valence-electron chi connectivity index (χ0n) is 7.56. The summed E-state index contributed by atoms with van der Waals surface area (Å²) >= 11 is 0. The fourth-order valence-corrected chi connectivity index (χ4v) is 1.87. The first-order valence-electron chi connectivity index (χ1n) is 4.50. The first kappa shape index (κ1) is 9.01. The molecule has 0 aromatic carbocycles. The summed E-state index contributed by atoms with van der Waals surface area (Å²) in [4.78, 5) is 0. The van der Waals surface area contributed by atoms with E-state index in [0.29, 0.717) is 12.1 Å². The van der Waals surface area contributed by atoms with Crippen LogP contribution in [0.25, 0.3) is 0 Å². The van der Waals surface area contributed by atoms with Crippen LogP contribution in [0.15, 0.2) is 0 Å². The van der Waals surface area contributed by atoms with Gasteiger partial charge in [0.25, 0.3) is 0 Å². The summed E-state index contributed by atoms with van der Waals surface area (Å²) in [5.74, 6) is 0.789. The minimum atomic E-state index is 0.333. The third-order valence-electron chi connectivity index (χ3n) is 2.44. The third kappa shape index (κ3) is 2.80. The number of rotatable bonds is 3. The van der Waals surface area contributed by atoms with Gasteiger partial charge >= 0.3 is 0 Å². The van der Waals surface area contributed by atoms with Crippen LogP contribution in [0, 0.1) is 5.92 Å². The van der Waals surface area contributed by atoms with Gasteiger partial charge in [0.1, 0.15) is 0 Å². The van der Waals surface area contributed by atoms with E-state index >= 15 is 0 Å². The lowest BCUT2D eigenvalue weighted by molar-refractivity contribution is 0.272. The third-order valence-corrected chi connectivity index (χ3v) is 2.44. The predicted molar refractivity (Wildman–Crippen MR) is 46.5 cm³/mol. The van der Waals surface area contributed by atoms with Crippen molar-refractivity contribution in [3.05, 3.63) is 0 Å². The van der Waals surface area contributed by atoms with Crippen LogP contribution in [-0.4, -0.2) is 23.8 Å². The van der Waals surface area contributed by atoms with Crippen LogP contribution in [0.2, 0.25) is 0 Å². The monoisotopic (exact) mass is 157 g/mol. The first-order valence-corrected chi connectivity index (χ1v) is 4.50. The molecule has 0 amide bonds. The summed E-state index contributed by atoms with van der Waals surface area (Å²) < 4.78 is 0. The van der Waals surface area contributed by atoms with Crippen molar-refractivity contribution in [1.29, 1.82) is 0 Å². The highest BCUT2D eigenvalue weighted by atomic mass is 16.2. The van der Waals surface area contributed by atoms with Gasteiger partial charge in [0.2, 0.25) is 0 Å². The van der Waals surface area contributed by atoms with E-state index in [0.717, 1.165) is 18.9 Å². The second-order valence-corrected chi connectivity index (χ2v) is 4.20. The van der Waals surface area contributed by atoms with Gasteiger partial charge in [0.15, 0.2) is 0 Å². The Labute approximate surface area is 69.0 Å². The number of hydrogen-bond donors (Lipinski definition) is 2. The highest BCUT2D eigenvalue weighted by molar-refractivity contribution is 4.88. The fourth-order valence-electron chi connectivity index (χ4n) is 1.87. The minimum Gasteiger partial charge on any atom is -0.396 e. The fraction of sp³-hybridized carbons (Fsp3) is 1.00. The average molecular weight is 157 g/mol. The molecule has 1 heterocycles. The molecule has 11 heavy (non-hydrogen) atoms. The molecule has 0 unspecified atom stereocenters. The van der Waals surface area contributed by atoms with Gasteiger partial charge < -0.3 is 10.4 Å². The Morgan fingerprint density at radius 1 is 1.55 bits per heavy atom. The van der Waals surface area contributed by atoms with E-state index in [-0.39, 0.29) is 0 Å². The van der Waals surface area contributed by atoms with Gasteiger partial charge in [-0.25, -0.2) is 0 Å². The quantitative estimate of drug-likeness (QED) is 0.644. The molecule has 0 aromatic rings. The molecule has 1 aliphatic rings. The van der Waals surface area contributed by atoms with Crippen molar-refractivity contribution < 1.29 is 5.11 Å². The zero-order valence-corrected chi connectivity index (χ0v) is 7.56. The number of aliphatic hydroxyl groups excluding tert-OH is 1. The summed E-state index contributed by atoms with van der Waals surface area (Å²) in [5, 5.41) is 12.1. The van der Waals surface area contributed by atoms with Crippen molar-refractivity contribution in [3.8, 4) is 0 Å². The summed E-state index contributed by atoms with van der Waals surface area (Å²) in [6, 6.07) is 0. The molecule has 2 nitrogen and oxygen atoms in total. The number of nitrogens with one attached hydrogen (secondary N) is 1. The lowest BCUT2D eigenvalue weighted by atomic mass is 9.94. The van der Waals surface area contributed by atoms with Gasteiger partial charge in [0, 0.05) is 12.1 Å². The molecule has 0 saturated carbocycles. The highest BCUT2D eigenvalue weighted by Crippen LogP contribution is 2.26. The SMILES string of the molecule is CC1(C)C[C@H](CCCO)CN1. The van der Waals surface area contributed by atoms with Crippen molar-refractivity contribution >= 4 is 0 Å². The van der Waals surface area contributed by atoms with Gasteiger partial charge in [-0.3, -0.25) is 0 Å². The molecular formula is C9H19NO. The van der Waals surface area contributed by atoms with Crippen LogP contribution < -0.4 is 5.32 Å². The van der Waals surface area contributed by atoms with Crippen molar-refractivity contribution in [2.75, 3.05) is 13.2 Å². The molecule has 1 rings (SSSR count). The molecule has 66 valence electrons. The van der Waals surface area contributed by atoms with Gasteiger partial charge in [0.05, 0.1) is 0 Å². The number of aliphatic hydroxyl groups is 1. The molecule has 0 bridgehead atoms. The summed E-state index contributed by atoms with van der Waals surface area (Å²) in [6.07, 6.45) is 3.39. The smallest absolute Gasteiger partial charge is 0.0431 e. The Kier molecular flexibility index (Phi) is 2.90. The Bertz CT molecular complexity index is 123. The average Bonchev–Trinajstić information content (AvgIpc) is 2.26. The maximum atomic E-state index is 8.64. The van der Waals surface area contributed by atoms with Crippen LogP contribution >= 0.6 is 0 Å². The Hall–Kier alpha value is -0.0800. The van der Waals surface area contributed by atoms with Crippen LogP contribution in [0.4, 0.5) is 0 Å². The Morgan fingerprint density at radius 3 is 2.73 bits per heavy atom. The van der Waals surface area contributed by atoms with Gasteiger partial charge in [-0.05, 0) is 45.6 Å². The van der Waals surface area contributed by atoms with Crippen molar-refractivity contribution in [2.24, 2.45) is 5.92 Å². The van der Waals surface area contributed by atoms with Crippen LogP contribution in [-0.2, 0) is 0 Å². The van der Waals surface area contributed by atoms with Crippen molar-refractivity contribution in [1.82, 2.24) is 5.32 Å². The van der Waals surface area contributed by atoms with E-state index in [1.54, 1.807) is 0 Å². The second kappa shape index (κ2) is 3.55. The van der Waals surface area contributed by atoms with E-state index in [2.05, 4.69) is 19.2 Å². The summed E-state index contributed by atoms with van der Waals surface area (Å²) in [6.45, 7) is 5.96. The van der Waals surface area contributed by atoms with Crippen molar-refractivity contribution in [3.63, 3.8) is 0 Å². The molecule has 1 saturated heterocycles. The molecule has 2 N–H and O–H groups in total. The van der Waals surface area contributed by atoms with Gasteiger partial charge in [-0.2, -0.15) is 0 Å². The largest absolute Gasteiger partial charge is 0.396 e. The molecule has 1 aliphatic heterocycles. The summed E-state index contributed by atoms with van der Waals surface area (Å²) in [5.41, 5.74) is 0.333. The highest BCUT2D eigenvalue weighted by Gasteiger charge is 2.29. The molecule has 2 heteroatoms. The van der Waals surface area contributed by atoms with Crippen molar-refractivity contribution in [2.45, 2.75) is 38.6 Å². The van der Waals surface area contributed by atoms with E-state index in [4.69, 9.17) is 5.11 Å². The van der Waals surface area contributed by atoms with Gasteiger partial charge in [-0.15, -0.1) is 0 Å². The maximum absolute atomic E-state index is 8.64. The predicted octanol–water partition coefficient (Wildman–Crippen LogP) is 1.15. The van der Waals surface area contributed by atoms with Crippen LogP contribution in [0.3, 0.4) is 0 Å². The molecule has 0 aliphatic carbocycles. The van der Waals surface area contributed by atoms with Gasteiger partial charge in [-0.1, -0.05) is 0 Å². The molecule has 1 fully saturated rings. The molecule has 0 aromatic heterocycles. The second-order valence-electron chi connectivity index (χ2n) is 4.20. The number of hydrogen-bond acceptors (Lipinski definition) is 2. The van der Waals surface area contributed by atoms with Crippen LogP contribution in [0.5, 0.6) is 0 Å². The lowest BCUT2D eigenvalue weighted by Gasteiger charge is -2.17. The Balaban J connectivity index is 2.20. The van der Waals surface area contributed by atoms with E-state index < -0.39 is 0 Å². The maximum Gasteiger partial charge on any atom is 0.0431 e. The zero-order chi connectivity index (χ0) is 8.32. The molecular weight excluding hydrogens is 138 g/mol. The molecule has 0 spiro atoms. The van der Waals surface area contributed by atoms with E-state index in [9.17, 15) is 0 Å². The normalized spacial score (nSPS) is 29.2. The summed E-state index contributed by atoms with van der Waals surface area (Å²) in [7, 11) is 0. The van der Waals surface area contributed by atoms with Crippen LogP contribution in [0.1, 0.15) is 33.1 Å². The topological polar surface area (TPSA) is 32.3 Å². The first-order chi connectivity index (χ1) is 5.14. The molecule has 0 radical (unpaired) electrons. The molecule has 1 atom stereocenters. The minimum absolute atomic E-state index is 0.333. The van der Waals surface area contributed by atoms with E-state index in [1.807, 2.05) is 0 Å². The Morgan fingerprint density at radius 2 is 2.27 bits per heavy atom.